The Bertz CT molecular complexity index is 429. The molecule has 1 rings (SSSR count). The van der Waals surface area contributed by atoms with Gasteiger partial charge in [0.05, 0.1) is 10.7 Å². The van der Waals surface area contributed by atoms with E-state index in [4.69, 9.17) is 17.3 Å². The SMILES string of the molecule is CCC(C)(C)N(C)C(=O)c1ccc(N)c(Cl)c1. The van der Waals surface area contributed by atoms with Crippen LogP contribution in [0.15, 0.2) is 18.2 Å². The fraction of sp³-hybridized carbons (Fsp3) is 0.462. The Kier molecular flexibility index (Phi) is 4.04. The van der Waals surface area contributed by atoms with Crippen LogP contribution in [-0.2, 0) is 0 Å². The van der Waals surface area contributed by atoms with Crippen molar-refractivity contribution in [2.75, 3.05) is 12.8 Å². The molecule has 0 bridgehead atoms. The van der Waals surface area contributed by atoms with Crippen molar-refractivity contribution < 1.29 is 4.79 Å². The highest BCUT2D eigenvalue weighted by Gasteiger charge is 2.26. The van der Waals surface area contributed by atoms with Gasteiger partial charge in [-0.15, -0.1) is 0 Å². The van der Waals surface area contributed by atoms with Gasteiger partial charge in [-0.25, -0.2) is 0 Å². The summed E-state index contributed by atoms with van der Waals surface area (Å²) in [5.74, 6) is -0.0428. The van der Waals surface area contributed by atoms with Gasteiger partial charge >= 0.3 is 0 Å². The first kappa shape index (κ1) is 13.8. The predicted octanol–water partition coefficient (Wildman–Crippen LogP) is 3.18. The maximum atomic E-state index is 12.2. The van der Waals surface area contributed by atoms with Gasteiger partial charge in [0.2, 0.25) is 0 Å². The van der Waals surface area contributed by atoms with Crippen molar-refractivity contribution in [3.63, 3.8) is 0 Å². The molecule has 0 aliphatic rings. The lowest BCUT2D eigenvalue weighted by Crippen LogP contribution is -2.44. The molecule has 3 nitrogen and oxygen atoms in total. The molecular weight excluding hydrogens is 236 g/mol. The molecule has 1 aromatic rings. The number of rotatable bonds is 3. The molecule has 94 valence electrons. The summed E-state index contributed by atoms with van der Waals surface area (Å²) in [5.41, 5.74) is 6.49. The molecule has 0 aromatic heterocycles. The maximum absolute atomic E-state index is 12.2. The summed E-state index contributed by atoms with van der Waals surface area (Å²) in [6.07, 6.45) is 0.887. The van der Waals surface area contributed by atoms with Crippen LogP contribution in [0.1, 0.15) is 37.6 Å². The first-order valence-electron chi connectivity index (χ1n) is 5.62. The maximum Gasteiger partial charge on any atom is 0.254 e. The van der Waals surface area contributed by atoms with E-state index in [9.17, 15) is 4.79 Å². The third-order valence-electron chi connectivity index (χ3n) is 3.33. The molecule has 1 amide bonds. The van der Waals surface area contributed by atoms with Gasteiger partial charge in [0.25, 0.3) is 5.91 Å². The second-order valence-electron chi connectivity index (χ2n) is 4.77. The Morgan fingerprint density at radius 1 is 1.47 bits per heavy atom. The molecular formula is C13H19ClN2O. The normalized spacial score (nSPS) is 11.4. The molecule has 0 saturated heterocycles. The van der Waals surface area contributed by atoms with Crippen LogP contribution >= 0.6 is 11.6 Å². The Hall–Kier alpha value is -1.22. The third-order valence-corrected chi connectivity index (χ3v) is 3.65. The van der Waals surface area contributed by atoms with Crippen molar-refractivity contribution in [1.82, 2.24) is 4.90 Å². The predicted molar refractivity (Wildman–Crippen MR) is 72.3 cm³/mol. The number of nitrogens with two attached hydrogens (primary N) is 1. The molecule has 0 saturated carbocycles. The van der Waals surface area contributed by atoms with Crippen LogP contribution in [0.3, 0.4) is 0 Å². The fourth-order valence-electron chi connectivity index (χ4n) is 1.37. The van der Waals surface area contributed by atoms with Crippen LogP contribution < -0.4 is 5.73 Å². The molecule has 0 fully saturated rings. The van der Waals surface area contributed by atoms with Gasteiger partial charge in [0.1, 0.15) is 0 Å². The van der Waals surface area contributed by atoms with Crippen molar-refractivity contribution in [2.45, 2.75) is 32.7 Å². The van der Waals surface area contributed by atoms with Crippen LogP contribution in [0.2, 0.25) is 5.02 Å². The van der Waals surface area contributed by atoms with E-state index in [1.807, 2.05) is 13.8 Å². The number of anilines is 1. The van der Waals surface area contributed by atoms with Crippen molar-refractivity contribution in [1.29, 1.82) is 0 Å². The molecule has 4 heteroatoms. The van der Waals surface area contributed by atoms with Crippen molar-refractivity contribution in [2.24, 2.45) is 0 Å². The number of carbonyl (C=O) groups is 1. The fourth-order valence-corrected chi connectivity index (χ4v) is 1.55. The minimum Gasteiger partial charge on any atom is -0.398 e. The second-order valence-corrected chi connectivity index (χ2v) is 5.17. The minimum atomic E-state index is -0.176. The molecule has 0 heterocycles. The highest BCUT2D eigenvalue weighted by atomic mass is 35.5. The molecule has 0 atom stereocenters. The first-order valence-corrected chi connectivity index (χ1v) is 6.00. The zero-order valence-electron chi connectivity index (χ0n) is 10.7. The zero-order valence-corrected chi connectivity index (χ0v) is 11.5. The van der Waals surface area contributed by atoms with Gasteiger partial charge in [0, 0.05) is 18.2 Å². The number of carbonyl (C=O) groups excluding carboxylic acids is 1. The zero-order chi connectivity index (χ0) is 13.2. The molecule has 0 radical (unpaired) electrons. The van der Waals surface area contributed by atoms with Gasteiger partial charge in [-0.1, -0.05) is 18.5 Å². The van der Waals surface area contributed by atoms with E-state index in [0.29, 0.717) is 16.3 Å². The number of amides is 1. The molecule has 0 aliphatic carbocycles. The second kappa shape index (κ2) is 4.96. The van der Waals surface area contributed by atoms with E-state index >= 15 is 0 Å². The van der Waals surface area contributed by atoms with E-state index in [2.05, 4.69) is 6.92 Å². The van der Waals surface area contributed by atoms with E-state index in [1.54, 1.807) is 30.1 Å². The topological polar surface area (TPSA) is 46.3 Å². The summed E-state index contributed by atoms with van der Waals surface area (Å²) in [5, 5.41) is 0.415. The number of benzene rings is 1. The molecule has 2 N–H and O–H groups in total. The minimum absolute atomic E-state index is 0.0428. The summed E-state index contributed by atoms with van der Waals surface area (Å²) >= 11 is 5.91. The van der Waals surface area contributed by atoms with Crippen LogP contribution in [-0.4, -0.2) is 23.4 Å². The molecule has 0 spiro atoms. The quantitative estimate of drug-likeness (QED) is 0.842. The summed E-state index contributed by atoms with van der Waals surface area (Å²) in [6, 6.07) is 4.97. The first-order chi connectivity index (χ1) is 7.79. The molecule has 0 aliphatic heterocycles. The number of halogens is 1. The van der Waals surface area contributed by atoms with Crippen LogP contribution in [0.25, 0.3) is 0 Å². The smallest absolute Gasteiger partial charge is 0.254 e. The Labute approximate surface area is 108 Å². The average molecular weight is 255 g/mol. The molecule has 0 unspecified atom stereocenters. The highest BCUT2D eigenvalue weighted by Crippen LogP contribution is 2.23. The van der Waals surface area contributed by atoms with E-state index < -0.39 is 0 Å². The van der Waals surface area contributed by atoms with Crippen LogP contribution in [0, 0.1) is 0 Å². The van der Waals surface area contributed by atoms with E-state index in [1.165, 1.54) is 0 Å². The van der Waals surface area contributed by atoms with Crippen molar-refractivity contribution in [3.8, 4) is 0 Å². The van der Waals surface area contributed by atoms with Gasteiger partial charge in [0.15, 0.2) is 0 Å². The van der Waals surface area contributed by atoms with Gasteiger partial charge in [-0.2, -0.15) is 0 Å². The lowest BCUT2D eigenvalue weighted by atomic mass is 9.99. The largest absolute Gasteiger partial charge is 0.398 e. The standard InChI is InChI=1S/C13H19ClN2O/c1-5-13(2,3)16(4)12(17)9-6-7-11(15)10(14)8-9/h6-8H,5,15H2,1-4H3. The van der Waals surface area contributed by atoms with Crippen molar-refractivity contribution in [3.05, 3.63) is 28.8 Å². The number of nitrogen functional groups attached to an aromatic ring is 1. The summed E-state index contributed by atoms with van der Waals surface area (Å²) in [4.78, 5) is 14.0. The number of hydrogen-bond acceptors (Lipinski definition) is 2. The summed E-state index contributed by atoms with van der Waals surface area (Å²) < 4.78 is 0. The number of hydrogen-bond donors (Lipinski definition) is 1. The lowest BCUT2D eigenvalue weighted by molar-refractivity contribution is 0.0620. The monoisotopic (exact) mass is 254 g/mol. The van der Waals surface area contributed by atoms with Crippen molar-refractivity contribution >= 4 is 23.2 Å². The van der Waals surface area contributed by atoms with Gasteiger partial charge in [-0.3, -0.25) is 4.79 Å². The third kappa shape index (κ3) is 2.91. The molecule has 17 heavy (non-hydrogen) atoms. The van der Waals surface area contributed by atoms with E-state index in [-0.39, 0.29) is 11.4 Å². The van der Waals surface area contributed by atoms with Gasteiger partial charge in [-0.05, 0) is 38.5 Å². The molecule has 1 aromatic carbocycles. The van der Waals surface area contributed by atoms with Crippen LogP contribution in [0.4, 0.5) is 5.69 Å². The lowest BCUT2D eigenvalue weighted by Gasteiger charge is -2.35. The highest BCUT2D eigenvalue weighted by molar-refractivity contribution is 6.33. The Morgan fingerprint density at radius 2 is 2.06 bits per heavy atom. The number of nitrogens with zero attached hydrogens (tertiary/aromatic N) is 1. The Balaban J connectivity index is 3.01. The average Bonchev–Trinajstić information content (AvgIpc) is 2.30. The van der Waals surface area contributed by atoms with Gasteiger partial charge < -0.3 is 10.6 Å². The summed E-state index contributed by atoms with van der Waals surface area (Å²) in [6.45, 7) is 6.12. The van der Waals surface area contributed by atoms with E-state index in [0.717, 1.165) is 6.42 Å². The van der Waals surface area contributed by atoms with Crippen LogP contribution in [0.5, 0.6) is 0 Å². The Morgan fingerprint density at radius 3 is 2.53 bits per heavy atom. The summed E-state index contributed by atoms with van der Waals surface area (Å²) in [7, 11) is 1.80.